The highest BCUT2D eigenvalue weighted by Gasteiger charge is 2.46. The molecule has 0 amide bonds. The summed E-state index contributed by atoms with van der Waals surface area (Å²) in [5.41, 5.74) is 0.0619. The number of aliphatic hydroxyl groups is 3. The zero-order chi connectivity index (χ0) is 21.3. The summed E-state index contributed by atoms with van der Waals surface area (Å²) in [5, 5.41) is 35.9. The first kappa shape index (κ1) is 21.2. The van der Waals surface area contributed by atoms with Crippen LogP contribution in [0.25, 0.3) is 11.3 Å². The molecular formula is C19H18ClFN4O4S. The third-order valence-corrected chi connectivity index (χ3v) is 6.02. The highest BCUT2D eigenvalue weighted by molar-refractivity contribution is 7.99. The van der Waals surface area contributed by atoms with E-state index in [1.54, 1.807) is 24.5 Å². The van der Waals surface area contributed by atoms with Gasteiger partial charge >= 0.3 is 0 Å². The van der Waals surface area contributed by atoms with Crippen LogP contribution in [0.15, 0.2) is 53.9 Å². The van der Waals surface area contributed by atoms with Crippen LogP contribution in [0.4, 0.5) is 4.39 Å². The lowest BCUT2D eigenvalue weighted by atomic mass is 9.97. The van der Waals surface area contributed by atoms with Gasteiger partial charge in [-0.25, -0.2) is 4.98 Å². The Morgan fingerprint density at radius 3 is 2.77 bits per heavy atom. The number of hydrogen-bond donors (Lipinski definition) is 3. The Morgan fingerprint density at radius 1 is 1.20 bits per heavy atom. The first-order valence-corrected chi connectivity index (χ1v) is 10.3. The fourth-order valence-corrected chi connectivity index (χ4v) is 4.59. The van der Waals surface area contributed by atoms with Crippen molar-refractivity contribution in [2.45, 2.75) is 34.7 Å². The van der Waals surface area contributed by atoms with Crippen LogP contribution in [0, 0.1) is 5.95 Å². The van der Waals surface area contributed by atoms with Gasteiger partial charge in [0.1, 0.15) is 29.8 Å². The van der Waals surface area contributed by atoms with Crippen molar-refractivity contribution in [2.75, 3.05) is 6.61 Å². The molecule has 30 heavy (non-hydrogen) atoms. The van der Waals surface area contributed by atoms with E-state index in [9.17, 15) is 19.7 Å². The first-order valence-electron chi connectivity index (χ1n) is 9.03. The second-order valence-electron chi connectivity index (χ2n) is 6.71. The maximum Gasteiger partial charge on any atom is 0.213 e. The molecule has 4 heterocycles. The van der Waals surface area contributed by atoms with Crippen molar-refractivity contribution in [3.05, 3.63) is 60.0 Å². The van der Waals surface area contributed by atoms with Gasteiger partial charge in [0, 0.05) is 29.0 Å². The van der Waals surface area contributed by atoms with Crippen molar-refractivity contribution in [1.82, 2.24) is 19.7 Å². The molecule has 158 valence electrons. The van der Waals surface area contributed by atoms with Gasteiger partial charge in [0.2, 0.25) is 5.95 Å². The number of aromatic nitrogens is 4. The molecule has 4 rings (SSSR count). The van der Waals surface area contributed by atoms with Crippen molar-refractivity contribution >= 4 is 23.4 Å². The molecule has 0 spiro atoms. The molecule has 3 aromatic rings. The molecule has 0 bridgehead atoms. The van der Waals surface area contributed by atoms with Gasteiger partial charge in [-0.15, -0.1) is 0 Å². The summed E-state index contributed by atoms with van der Waals surface area (Å²) in [6.07, 6.45) is 2.73. The third-order valence-electron chi connectivity index (χ3n) is 4.70. The maximum absolute atomic E-state index is 13.4. The van der Waals surface area contributed by atoms with Gasteiger partial charge in [0.25, 0.3) is 0 Å². The lowest BCUT2D eigenvalue weighted by molar-refractivity contribution is -0.178. The van der Waals surface area contributed by atoms with Crippen LogP contribution in [0.1, 0.15) is 6.04 Å². The molecule has 11 heteroatoms. The van der Waals surface area contributed by atoms with Crippen molar-refractivity contribution < 1.29 is 24.4 Å². The van der Waals surface area contributed by atoms with Crippen LogP contribution in [0.2, 0.25) is 5.02 Å². The Hall–Kier alpha value is -2.08. The van der Waals surface area contributed by atoms with E-state index in [-0.39, 0.29) is 0 Å². The van der Waals surface area contributed by atoms with Gasteiger partial charge in [-0.05, 0) is 18.2 Å². The van der Waals surface area contributed by atoms with E-state index in [2.05, 4.69) is 15.1 Å². The van der Waals surface area contributed by atoms with E-state index in [1.165, 1.54) is 41.0 Å². The summed E-state index contributed by atoms with van der Waals surface area (Å²) < 4.78 is 20.5. The normalized spacial score (nSPS) is 26.6. The summed E-state index contributed by atoms with van der Waals surface area (Å²) in [6, 6.07) is 5.15. The molecule has 1 saturated heterocycles. The SMILES string of the molecule is OCC1O[C@H](Sc2cncc(Cl)c2)C(O)[C@@H](n2cc(-c3cccc(F)n3)cn2)[C@H]1O. The summed E-state index contributed by atoms with van der Waals surface area (Å²) in [7, 11) is 0. The molecule has 2 unspecified atom stereocenters. The first-order chi connectivity index (χ1) is 14.5. The van der Waals surface area contributed by atoms with E-state index in [0.717, 1.165) is 0 Å². The van der Waals surface area contributed by atoms with E-state index in [4.69, 9.17) is 16.3 Å². The molecule has 1 aliphatic heterocycles. The molecule has 3 N–H and O–H groups in total. The number of halogens is 2. The van der Waals surface area contributed by atoms with Gasteiger partial charge < -0.3 is 20.1 Å². The summed E-state index contributed by atoms with van der Waals surface area (Å²) in [6.45, 7) is -0.450. The maximum atomic E-state index is 13.4. The zero-order valence-corrected chi connectivity index (χ0v) is 17.0. The van der Waals surface area contributed by atoms with Crippen LogP contribution in [-0.2, 0) is 4.74 Å². The Morgan fingerprint density at radius 2 is 2.03 bits per heavy atom. The summed E-state index contributed by atoms with van der Waals surface area (Å²) >= 11 is 7.14. The lowest BCUT2D eigenvalue weighted by Gasteiger charge is -2.42. The minimum absolute atomic E-state index is 0.368. The van der Waals surface area contributed by atoms with Crippen LogP contribution < -0.4 is 0 Å². The third kappa shape index (κ3) is 4.34. The fourth-order valence-electron chi connectivity index (χ4n) is 3.27. The predicted octanol–water partition coefficient (Wildman–Crippen LogP) is 1.90. The number of pyridine rings is 2. The number of ether oxygens (including phenoxy) is 1. The second-order valence-corrected chi connectivity index (χ2v) is 8.32. The number of rotatable bonds is 5. The number of nitrogens with zero attached hydrogens (tertiary/aromatic N) is 4. The average Bonchev–Trinajstić information content (AvgIpc) is 3.20. The molecule has 0 aromatic carbocycles. The number of hydrogen-bond acceptors (Lipinski definition) is 8. The molecule has 0 saturated carbocycles. The standard InChI is InChI=1S/C19H18ClFN4O4S/c20-11-4-12(7-22-6-11)30-19-18(28)16(17(27)14(9-26)29-19)25-8-10(5-23-25)13-2-1-3-15(21)24-13/h1-8,14,16-19,26-28H,9H2/t14?,16-,17-,18?,19+/m0/s1. The summed E-state index contributed by atoms with van der Waals surface area (Å²) in [4.78, 5) is 8.48. The van der Waals surface area contributed by atoms with Crippen molar-refractivity contribution in [3.63, 3.8) is 0 Å². The Bertz CT molecular complexity index is 1030. The molecule has 1 aliphatic rings. The van der Waals surface area contributed by atoms with Crippen LogP contribution in [0.3, 0.4) is 0 Å². The molecule has 5 atom stereocenters. The molecular weight excluding hydrogens is 435 g/mol. The summed E-state index contributed by atoms with van der Waals surface area (Å²) in [5.74, 6) is -0.627. The van der Waals surface area contributed by atoms with Crippen molar-refractivity contribution in [2.24, 2.45) is 0 Å². The van der Waals surface area contributed by atoms with Gasteiger partial charge in [-0.2, -0.15) is 9.49 Å². The lowest BCUT2D eigenvalue weighted by Crippen LogP contribution is -2.54. The average molecular weight is 453 g/mol. The minimum Gasteiger partial charge on any atom is -0.394 e. The Balaban J connectivity index is 1.62. The zero-order valence-electron chi connectivity index (χ0n) is 15.4. The van der Waals surface area contributed by atoms with Gasteiger partial charge in [0.15, 0.2) is 0 Å². The van der Waals surface area contributed by atoms with Crippen LogP contribution >= 0.6 is 23.4 Å². The highest BCUT2D eigenvalue weighted by Crippen LogP contribution is 2.38. The van der Waals surface area contributed by atoms with E-state index >= 15 is 0 Å². The topological polar surface area (TPSA) is 114 Å². The monoisotopic (exact) mass is 452 g/mol. The molecule has 3 aromatic heterocycles. The molecule has 0 aliphatic carbocycles. The van der Waals surface area contributed by atoms with E-state index in [1.807, 2.05) is 0 Å². The van der Waals surface area contributed by atoms with Gasteiger partial charge in [0.05, 0.1) is 23.5 Å². The van der Waals surface area contributed by atoms with Gasteiger partial charge in [-0.3, -0.25) is 9.67 Å². The number of aliphatic hydroxyl groups excluding tert-OH is 3. The Kier molecular flexibility index (Phi) is 6.32. The predicted molar refractivity (Wildman–Crippen MR) is 107 cm³/mol. The minimum atomic E-state index is -1.23. The largest absolute Gasteiger partial charge is 0.394 e. The molecule has 0 radical (unpaired) electrons. The number of thioether (sulfide) groups is 1. The van der Waals surface area contributed by atoms with Gasteiger partial charge in [-0.1, -0.05) is 29.4 Å². The van der Waals surface area contributed by atoms with E-state index in [0.29, 0.717) is 21.2 Å². The van der Waals surface area contributed by atoms with Crippen LogP contribution in [-0.4, -0.2) is 65.4 Å². The molecule has 8 nitrogen and oxygen atoms in total. The van der Waals surface area contributed by atoms with E-state index < -0.39 is 42.3 Å². The highest BCUT2D eigenvalue weighted by atomic mass is 35.5. The van der Waals surface area contributed by atoms with Crippen molar-refractivity contribution in [1.29, 1.82) is 0 Å². The van der Waals surface area contributed by atoms with Crippen LogP contribution in [0.5, 0.6) is 0 Å². The van der Waals surface area contributed by atoms with Crippen molar-refractivity contribution in [3.8, 4) is 11.3 Å². The molecule has 1 fully saturated rings. The smallest absolute Gasteiger partial charge is 0.213 e. The second kappa shape index (κ2) is 8.96. The quantitative estimate of drug-likeness (QED) is 0.503. The fraction of sp³-hybridized carbons (Fsp3) is 0.316. The Labute approximate surface area is 180 Å².